The fourth-order valence-corrected chi connectivity index (χ4v) is 2.53. The molecular weight excluding hydrogens is 245 g/mol. The van der Waals surface area contributed by atoms with Crippen LogP contribution in [0.5, 0.6) is 0 Å². The van der Waals surface area contributed by atoms with Gasteiger partial charge < -0.3 is 9.67 Å². The van der Waals surface area contributed by atoms with E-state index < -0.39 is 11.8 Å². The van der Waals surface area contributed by atoms with E-state index in [2.05, 4.69) is 10.3 Å². The zero-order valence-corrected chi connectivity index (χ0v) is 10.9. The van der Waals surface area contributed by atoms with Crippen LogP contribution in [0.15, 0.2) is 30.5 Å². The number of nitrogens with one attached hydrogen (secondary N) is 1. The number of hydrogen-bond donors (Lipinski definition) is 2. The van der Waals surface area contributed by atoms with Gasteiger partial charge in [0.05, 0.1) is 17.8 Å². The molecule has 0 fully saturated rings. The minimum Gasteiger partial charge on any atom is -0.377 e. The van der Waals surface area contributed by atoms with E-state index in [0.29, 0.717) is 6.54 Å². The number of aliphatic hydroxyl groups excluding tert-OH is 1. The highest BCUT2D eigenvalue weighted by molar-refractivity contribution is 5.58. The summed E-state index contributed by atoms with van der Waals surface area (Å²) in [5, 5.41) is 12.9. The molecule has 0 radical (unpaired) electrons. The van der Waals surface area contributed by atoms with E-state index in [1.165, 1.54) is 12.1 Å². The van der Waals surface area contributed by atoms with Crippen molar-refractivity contribution in [3.63, 3.8) is 0 Å². The van der Waals surface area contributed by atoms with Crippen molar-refractivity contribution in [1.82, 2.24) is 14.9 Å². The molecule has 1 aromatic carbocycles. The van der Waals surface area contributed by atoms with Gasteiger partial charge in [-0.25, -0.2) is 9.37 Å². The van der Waals surface area contributed by atoms with Gasteiger partial charge in [-0.2, -0.15) is 0 Å². The first kappa shape index (κ1) is 12.3. The van der Waals surface area contributed by atoms with Crippen LogP contribution in [0, 0.1) is 5.82 Å². The van der Waals surface area contributed by atoms with E-state index in [1.54, 1.807) is 12.1 Å². The number of halogens is 1. The van der Waals surface area contributed by atoms with E-state index in [1.807, 2.05) is 24.6 Å². The average molecular weight is 261 g/mol. The van der Waals surface area contributed by atoms with Crippen molar-refractivity contribution in [2.45, 2.75) is 32.2 Å². The topological polar surface area (TPSA) is 50.1 Å². The quantitative estimate of drug-likeness (QED) is 0.823. The molecule has 0 amide bonds. The summed E-state index contributed by atoms with van der Waals surface area (Å²) in [7, 11) is 0. The monoisotopic (exact) mass is 261 g/mol. The fraction of sp³-hybridized carbons (Fsp3) is 0.357. The number of benzene rings is 1. The van der Waals surface area contributed by atoms with Crippen molar-refractivity contribution in [2.75, 3.05) is 0 Å². The summed E-state index contributed by atoms with van der Waals surface area (Å²) in [6, 6.07) is 6.26. The summed E-state index contributed by atoms with van der Waals surface area (Å²) in [4.78, 5) is 4.60. The van der Waals surface area contributed by atoms with Crippen molar-refractivity contribution >= 4 is 0 Å². The number of hydrogen-bond acceptors (Lipinski definition) is 3. The first-order chi connectivity index (χ1) is 8.95. The van der Waals surface area contributed by atoms with Crippen LogP contribution < -0.4 is 5.32 Å². The maximum Gasteiger partial charge on any atom is 0.129 e. The van der Waals surface area contributed by atoms with Crippen LogP contribution in [0.4, 0.5) is 4.39 Å². The molecule has 19 heavy (non-hydrogen) atoms. The van der Waals surface area contributed by atoms with Gasteiger partial charge in [0.15, 0.2) is 0 Å². The number of aromatic nitrogens is 2. The Bertz CT molecular complexity index is 604. The average Bonchev–Trinajstić information content (AvgIpc) is 2.73. The van der Waals surface area contributed by atoms with Gasteiger partial charge in [-0.15, -0.1) is 0 Å². The van der Waals surface area contributed by atoms with Gasteiger partial charge in [-0.05, 0) is 38.1 Å². The van der Waals surface area contributed by atoms with Gasteiger partial charge in [0.2, 0.25) is 0 Å². The highest BCUT2D eigenvalue weighted by atomic mass is 19.1. The van der Waals surface area contributed by atoms with Crippen LogP contribution in [0.1, 0.15) is 19.7 Å². The molecule has 0 aliphatic carbocycles. The van der Waals surface area contributed by atoms with Crippen LogP contribution in [0.2, 0.25) is 0 Å². The van der Waals surface area contributed by atoms with Gasteiger partial charge in [0.25, 0.3) is 0 Å². The Balaban J connectivity index is 2.05. The smallest absolute Gasteiger partial charge is 0.129 e. The molecule has 5 heteroatoms. The third-order valence-corrected chi connectivity index (χ3v) is 3.37. The Labute approximate surface area is 110 Å². The molecule has 0 spiro atoms. The van der Waals surface area contributed by atoms with Crippen LogP contribution in [0.25, 0.3) is 11.3 Å². The Morgan fingerprint density at radius 1 is 1.37 bits per heavy atom. The number of rotatable bonds is 1. The predicted octanol–water partition coefficient (Wildman–Crippen LogP) is 1.85. The Morgan fingerprint density at radius 3 is 2.74 bits per heavy atom. The summed E-state index contributed by atoms with van der Waals surface area (Å²) < 4.78 is 14.9. The fourth-order valence-electron chi connectivity index (χ4n) is 2.53. The van der Waals surface area contributed by atoms with E-state index >= 15 is 0 Å². The second-order valence-electron chi connectivity index (χ2n) is 5.39. The molecule has 2 aromatic rings. The molecule has 4 nitrogen and oxygen atoms in total. The summed E-state index contributed by atoms with van der Waals surface area (Å²) in [5.74, 6) is 0.613. The van der Waals surface area contributed by atoms with Crippen molar-refractivity contribution < 1.29 is 9.50 Å². The lowest BCUT2D eigenvalue weighted by molar-refractivity contribution is 0.0585. The third-order valence-electron chi connectivity index (χ3n) is 3.37. The van der Waals surface area contributed by atoms with E-state index in [0.717, 1.165) is 17.1 Å². The molecule has 2 heterocycles. The van der Waals surface area contributed by atoms with E-state index in [9.17, 15) is 9.50 Å². The first-order valence-corrected chi connectivity index (χ1v) is 6.25. The number of imidazole rings is 1. The highest BCUT2D eigenvalue weighted by Gasteiger charge is 2.33. The molecule has 100 valence electrons. The normalized spacial score (nSPS) is 21.2. The van der Waals surface area contributed by atoms with Crippen molar-refractivity contribution in [2.24, 2.45) is 0 Å². The van der Waals surface area contributed by atoms with Crippen LogP contribution in [-0.2, 0) is 12.1 Å². The number of aliphatic hydroxyl groups is 1. The zero-order chi connectivity index (χ0) is 13.6. The number of nitrogens with zero attached hydrogens (tertiary/aromatic N) is 2. The minimum atomic E-state index is -0.585. The molecule has 1 atom stereocenters. The highest BCUT2D eigenvalue weighted by Crippen LogP contribution is 2.28. The predicted molar refractivity (Wildman–Crippen MR) is 69.8 cm³/mol. The standard InChI is InChI=1S/C14H16FN3O/c1-14(2)13-16-11(7-18(13)8-12(19)17-14)9-3-5-10(15)6-4-9/h3-7,12,17,19H,8H2,1-2H3. The van der Waals surface area contributed by atoms with Gasteiger partial charge in [0.1, 0.15) is 17.9 Å². The molecule has 1 aliphatic heterocycles. The van der Waals surface area contributed by atoms with E-state index in [-0.39, 0.29) is 5.82 Å². The summed E-state index contributed by atoms with van der Waals surface area (Å²) in [5.41, 5.74) is 1.27. The minimum absolute atomic E-state index is 0.259. The van der Waals surface area contributed by atoms with Crippen LogP contribution in [-0.4, -0.2) is 20.9 Å². The van der Waals surface area contributed by atoms with Crippen LogP contribution in [0.3, 0.4) is 0 Å². The molecule has 3 rings (SSSR count). The van der Waals surface area contributed by atoms with Crippen LogP contribution >= 0.6 is 0 Å². The van der Waals surface area contributed by atoms with E-state index in [4.69, 9.17) is 0 Å². The molecule has 2 N–H and O–H groups in total. The number of fused-ring (bicyclic) bond motifs is 1. The van der Waals surface area contributed by atoms with Gasteiger partial charge in [-0.3, -0.25) is 5.32 Å². The third kappa shape index (κ3) is 2.15. The lowest BCUT2D eigenvalue weighted by atomic mass is 10.0. The van der Waals surface area contributed by atoms with Crippen molar-refractivity contribution in [1.29, 1.82) is 0 Å². The maximum atomic E-state index is 12.9. The Morgan fingerprint density at radius 2 is 2.05 bits per heavy atom. The first-order valence-electron chi connectivity index (χ1n) is 6.25. The maximum absolute atomic E-state index is 12.9. The Kier molecular flexibility index (Phi) is 2.69. The Hall–Kier alpha value is -1.72. The molecule has 1 aromatic heterocycles. The molecule has 0 saturated heterocycles. The SMILES string of the molecule is CC1(C)NC(O)Cn2cc(-c3ccc(F)cc3)nc21. The largest absolute Gasteiger partial charge is 0.377 e. The van der Waals surface area contributed by atoms with Crippen molar-refractivity contribution in [3.05, 3.63) is 42.1 Å². The second kappa shape index (κ2) is 4.15. The lowest BCUT2D eigenvalue weighted by Crippen LogP contribution is -2.51. The molecule has 0 bridgehead atoms. The summed E-state index contributed by atoms with van der Waals surface area (Å²) in [6.45, 7) is 4.41. The summed E-state index contributed by atoms with van der Waals surface area (Å²) in [6.07, 6.45) is 1.31. The molecule has 0 saturated carbocycles. The van der Waals surface area contributed by atoms with Gasteiger partial charge in [0, 0.05) is 11.8 Å². The molecular formula is C14H16FN3O. The lowest BCUT2D eigenvalue weighted by Gasteiger charge is -2.34. The van der Waals surface area contributed by atoms with Gasteiger partial charge in [-0.1, -0.05) is 0 Å². The van der Waals surface area contributed by atoms with Gasteiger partial charge >= 0.3 is 0 Å². The molecule has 1 aliphatic rings. The second-order valence-corrected chi connectivity index (χ2v) is 5.39. The molecule has 1 unspecified atom stereocenters. The van der Waals surface area contributed by atoms with Crippen molar-refractivity contribution in [3.8, 4) is 11.3 Å². The summed E-state index contributed by atoms with van der Waals surface area (Å²) >= 11 is 0. The zero-order valence-electron chi connectivity index (χ0n) is 10.9.